The van der Waals surface area contributed by atoms with Crippen LogP contribution in [-0.4, -0.2) is 16.9 Å². The summed E-state index contributed by atoms with van der Waals surface area (Å²) < 4.78 is 0. The van der Waals surface area contributed by atoms with Crippen molar-refractivity contribution in [2.24, 2.45) is 4.99 Å². The van der Waals surface area contributed by atoms with Crippen LogP contribution in [0.3, 0.4) is 0 Å². The van der Waals surface area contributed by atoms with Crippen LogP contribution >= 0.6 is 11.6 Å². The lowest BCUT2D eigenvalue weighted by molar-refractivity contribution is 0.941. The van der Waals surface area contributed by atoms with Gasteiger partial charge in [-0.05, 0) is 6.07 Å². The van der Waals surface area contributed by atoms with Crippen molar-refractivity contribution in [2.75, 3.05) is 6.54 Å². The maximum Gasteiger partial charge on any atom is 0.132 e. The largest absolute Gasteiger partial charge is 0.346 e. The highest BCUT2D eigenvalue weighted by Crippen LogP contribution is 1.98. The zero-order valence-corrected chi connectivity index (χ0v) is 6.10. The Morgan fingerprint density at radius 1 is 1.70 bits per heavy atom. The number of halogens is 1. The summed E-state index contributed by atoms with van der Waals surface area (Å²) in [7, 11) is 0. The molecule has 1 aliphatic rings. The standard InChI is InChI=1S/C7H7ClN2/c8-6-3-5-1-2-9-7(5)10-4-6/h1-3,6H,4H2,(H,9,10)/t6-/m1/s1. The topological polar surface area (TPSA) is 28.1 Å². The summed E-state index contributed by atoms with van der Waals surface area (Å²) >= 11 is 5.84. The molecule has 1 aromatic heterocycles. The minimum atomic E-state index is 0.0725. The third-order valence-corrected chi connectivity index (χ3v) is 1.80. The van der Waals surface area contributed by atoms with Crippen molar-refractivity contribution >= 4 is 17.7 Å². The molecule has 2 rings (SSSR count). The number of nitrogens with one attached hydrogen (secondary N) is 1. The van der Waals surface area contributed by atoms with Gasteiger partial charge in [0.2, 0.25) is 0 Å². The summed E-state index contributed by atoms with van der Waals surface area (Å²) in [6.07, 6.45) is 3.89. The van der Waals surface area contributed by atoms with E-state index in [1.165, 1.54) is 0 Å². The zero-order valence-electron chi connectivity index (χ0n) is 5.34. The van der Waals surface area contributed by atoms with Gasteiger partial charge in [0.05, 0.1) is 11.9 Å². The van der Waals surface area contributed by atoms with Gasteiger partial charge in [-0.15, -0.1) is 11.6 Å². The third-order valence-electron chi connectivity index (χ3n) is 1.54. The first-order chi connectivity index (χ1) is 4.86. The fraction of sp³-hybridized carbons (Fsp3) is 0.286. The highest BCUT2D eigenvalue weighted by molar-refractivity contribution is 6.24. The van der Waals surface area contributed by atoms with Crippen molar-refractivity contribution < 1.29 is 0 Å². The maximum absolute atomic E-state index is 5.84. The number of aromatic nitrogens is 1. The third kappa shape index (κ3) is 0.847. The maximum atomic E-state index is 5.84. The van der Waals surface area contributed by atoms with Crippen molar-refractivity contribution in [2.45, 2.75) is 5.38 Å². The molecule has 10 heavy (non-hydrogen) atoms. The average Bonchev–Trinajstić information content (AvgIpc) is 2.33. The van der Waals surface area contributed by atoms with E-state index < -0.39 is 0 Å². The predicted molar refractivity (Wildman–Crippen MR) is 40.5 cm³/mol. The molecule has 1 atom stereocenters. The van der Waals surface area contributed by atoms with E-state index in [2.05, 4.69) is 9.98 Å². The molecule has 0 fully saturated rings. The lowest BCUT2D eigenvalue weighted by Gasteiger charge is -2.00. The molecule has 0 unspecified atom stereocenters. The number of alkyl halides is 1. The summed E-state index contributed by atoms with van der Waals surface area (Å²) in [5.74, 6) is 0. The Kier molecular flexibility index (Phi) is 1.27. The van der Waals surface area contributed by atoms with Crippen LogP contribution < -0.4 is 10.7 Å². The van der Waals surface area contributed by atoms with Crippen LogP contribution in [0.4, 0.5) is 0 Å². The first-order valence-electron chi connectivity index (χ1n) is 3.20. The summed E-state index contributed by atoms with van der Waals surface area (Å²) in [4.78, 5) is 7.24. The SMILES string of the molecule is Cl[C@@H]1C=c2cc[nH]c2=NC1. The van der Waals surface area contributed by atoms with Crippen LogP contribution in [-0.2, 0) is 0 Å². The molecule has 0 amide bonds. The molecule has 0 spiro atoms. The first kappa shape index (κ1) is 5.98. The second-order valence-corrected chi connectivity index (χ2v) is 2.87. The molecular formula is C7H7ClN2. The van der Waals surface area contributed by atoms with Crippen LogP contribution in [0.1, 0.15) is 0 Å². The molecule has 2 heterocycles. The number of fused-ring (bicyclic) bond motifs is 1. The van der Waals surface area contributed by atoms with Gasteiger partial charge in [-0.2, -0.15) is 0 Å². The van der Waals surface area contributed by atoms with E-state index in [1.807, 2.05) is 18.3 Å². The molecule has 2 nitrogen and oxygen atoms in total. The molecule has 0 saturated carbocycles. The number of nitrogens with zero attached hydrogens (tertiary/aromatic N) is 1. The van der Waals surface area contributed by atoms with Gasteiger partial charge in [-0.1, -0.05) is 6.08 Å². The monoisotopic (exact) mass is 154 g/mol. The molecule has 3 heteroatoms. The zero-order chi connectivity index (χ0) is 6.97. The Labute approximate surface area is 63.2 Å². The van der Waals surface area contributed by atoms with Gasteiger partial charge >= 0.3 is 0 Å². The number of H-pyrrole nitrogens is 1. The van der Waals surface area contributed by atoms with Gasteiger partial charge in [0.15, 0.2) is 0 Å². The van der Waals surface area contributed by atoms with Crippen molar-refractivity contribution in [3.05, 3.63) is 23.0 Å². The molecule has 52 valence electrons. The lowest BCUT2D eigenvalue weighted by Crippen LogP contribution is -2.29. The van der Waals surface area contributed by atoms with Crippen LogP contribution in [0, 0.1) is 0 Å². The molecule has 1 aromatic rings. The minimum absolute atomic E-state index is 0.0725. The van der Waals surface area contributed by atoms with Crippen LogP contribution in [0.25, 0.3) is 6.08 Å². The van der Waals surface area contributed by atoms with Crippen molar-refractivity contribution in [3.8, 4) is 0 Å². The second kappa shape index (κ2) is 2.13. The predicted octanol–water partition coefficient (Wildman–Crippen LogP) is 0.0358. The quantitative estimate of drug-likeness (QED) is 0.511. The summed E-state index contributed by atoms with van der Waals surface area (Å²) in [6, 6.07) is 1.98. The van der Waals surface area contributed by atoms with Gasteiger partial charge < -0.3 is 4.98 Å². The second-order valence-electron chi connectivity index (χ2n) is 2.30. The number of aromatic amines is 1. The molecule has 0 radical (unpaired) electrons. The summed E-state index contributed by atoms with van der Waals surface area (Å²) in [6.45, 7) is 0.690. The van der Waals surface area contributed by atoms with Crippen LogP contribution in [0.5, 0.6) is 0 Å². The summed E-state index contributed by atoms with van der Waals surface area (Å²) in [5.41, 5.74) is 0.955. The molecule has 0 saturated heterocycles. The van der Waals surface area contributed by atoms with Gasteiger partial charge in [0.25, 0.3) is 0 Å². The van der Waals surface area contributed by atoms with E-state index >= 15 is 0 Å². The van der Waals surface area contributed by atoms with E-state index in [-0.39, 0.29) is 5.38 Å². The van der Waals surface area contributed by atoms with Crippen molar-refractivity contribution in [1.82, 2.24) is 4.98 Å². The Bertz CT molecular complexity index is 339. The number of hydrogen-bond donors (Lipinski definition) is 1. The van der Waals surface area contributed by atoms with Crippen molar-refractivity contribution in [3.63, 3.8) is 0 Å². The first-order valence-corrected chi connectivity index (χ1v) is 3.64. The smallest absolute Gasteiger partial charge is 0.132 e. The Morgan fingerprint density at radius 3 is 3.50 bits per heavy atom. The molecular weight excluding hydrogens is 148 g/mol. The van der Waals surface area contributed by atoms with E-state index in [0.717, 1.165) is 10.7 Å². The molecule has 1 aliphatic heterocycles. The average molecular weight is 155 g/mol. The van der Waals surface area contributed by atoms with E-state index in [4.69, 9.17) is 11.6 Å². The van der Waals surface area contributed by atoms with Gasteiger partial charge in [-0.3, -0.25) is 4.99 Å². The molecule has 0 aromatic carbocycles. The Balaban J connectivity index is 2.73. The fourth-order valence-corrected chi connectivity index (χ4v) is 1.27. The van der Waals surface area contributed by atoms with Gasteiger partial charge in [0, 0.05) is 11.4 Å². The van der Waals surface area contributed by atoms with Gasteiger partial charge in [0.1, 0.15) is 5.49 Å². The molecule has 1 N–H and O–H groups in total. The lowest BCUT2D eigenvalue weighted by atomic mass is 10.3. The van der Waals surface area contributed by atoms with Crippen molar-refractivity contribution in [1.29, 1.82) is 0 Å². The highest BCUT2D eigenvalue weighted by atomic mass is 35.5. The minimum Gasteiger partial charge on any atom is -0.346 e. The number of hydrogen-bond acceptors (Lipinski definition) is 1. The Hall–Kier alpha value is -0.760. The highest BCUT2D eigenvalue weighted by Gasteiger charge is 2.03. The number of rotatable bonds is 0. The van der Waals surface area contributed by atoms with E-state index in [9.17, 15) is 0 Å². The fourth-order valence-electron chi connectivity index (χ4n) is 1.07. The Morgan fingerprint density at radius 2 is 2.60 bits per heavy atom. The van der Waals surface area contributed by atoms with Crippen LogP contribution in [0.15, 0.2) is 17.3 Å². The van der Waals surface area contributed by atoms with Gasteiger partial charge in [-0.25, -0.2) is 0 Å². The van der Waals surface area contributed by atoms with E-state index in [1.54, 1.807) is 0 Å². The molecule has 0 bridgehead atoms. The normalized spacial score (nSPS) is 22.7. The van der Waals surface area contributed by atoms with E-state index in [0.29, 0.717) is 6.54 Å². The molecule has 0 aliphatic carbocycles. The van der Waals surface area contributed by atoms with Crippen LogP contribution in [0.2, 0.25) is 0 Å². The summed E-state index contributed by atoms with van der Waals surface area (Å²) in [5, 5.41) is 1.19.